The van der Waals surface area contributed by atoms with Crippen molar-refractivity contribution in [3.05, 3.63) is 163 Å². The maximum absolute atomic E-state index is 2.42. The summed E-state index contributed by atoms with van der Waals surface area (Å²) in [5.41, 5.74) is 16.7. The van der Waals surface area contributed by atoms with Crippen molar-refractivity contribution >= 4 is 27.8 Å². The molecule has 2 aliphatic rings. The lowest BCUT2D eigenvalue weighted by Gasteiger charge is -2.29. The molecule has 0 unspecified atom stereocenters. The highest BCUT2D eigenvalue weighted by molar-refractivity contribution is 6.08. The molecule has 0 bridgehead atoms. The first kappa shape index (κ1) is 25.1. The van der Waals surface area contributed by atoms with Crippen LogP contribution in [-0.4, -0.2) is 0 Å². The average Bonchev–Trinajstić information content (AvgIpc) is 3.30. The second kappa shape index (κ2) is 9.30. The fourth-order valence-electron chi connectivity index (χ4n) is 7.47. The topological polar surface area (TPSA) is 3.24 Å². The van der Waals surface area contributed by atoms with Gasteiger partial charge in [0.1, 0.15) is 0 Å². The molecule has 0 N–H and O–H groups in total. The molecule has 1 nitrogen and oxygen atoms in total. The normalized spacial score (nSPS) is 13.4. The molecule has 9 rings (SSSR count). The Balaban J connectivity index is 1.20. The van der Waals surface area contributed by atoms with Crippen molar-refractivity contribution in [2.75, 3.05) is 4.90 Å². The summed E-state index contributed by atoms with van der Waals surface area (Å²) in [6.07, 6.45) is 0. The van der Waals surface area contributed by atoms with E-state index in [0.717, 1.165) is 11.4 Å². The molecule has 0 heterocycles. The number of nitrogens with zero attached hydrogens (tertiary/aromatic N) is 1. The molecular weight excluding hydrogens is 530 g/mol. The lowest BCUT2D eigenvalue weighted by Crippen LogP contribution is -2.16. The molecule has 0 spiro atoms. The first-order valence-corrected chi connectivity index (χ1v) is 15.4. The Morgan fingerprint density at radius 3 is 1.66 bits per heavy atom. The van der Waals surface area contributed by atoms with Crippen LogP contribution in [0.1, 0.15) is 25.0 Å². The number of anilines is 3. The molecule has 7 aromatic rings. The van der Waals surface area contributed by atoms with Gasteiger partial charge in [0.2, 0.25) is 0 Å². The van der Waals surface area contributed by atoms with E-state index in [1.165, 1.54) is 72.1 Å². The second-order valence-corrected chi connectivity index (χ2v) is 12.6. The smallest absolute Gasteiger partial charge is 0.0468 e. The van der Waals surface area contributed by atoms with Gasteiger partial charge in [0.15, 0.2) is 0 Å². The standard InChI is InChI=1S/C43H31N/c1-43(2)41-15-9-8-14-37(41)38-23-22-34(27-42(38)43)44(32-19-16-29(17-20-32)28-10-4-3-5-11-28)33-21-18-30-25-39-35-12-6-7-13-36(35)40(39)26-31(30)24-33/h3-27H,1-2H3. The van der Waals surface area contributed by atoms with Gasteiger partial charge in [-0.3, -0.25) is 0 Å². The molecule has 208 valence electrons. The van der Waals surface area contributed by atoms with E-state index in [9.17, 15) is 0 Å². The van der Waals surface area contributed by atoms with E-state index in [2.05, 4.69) is 170 Å². The van der Waals surface area contributed by atoms with Crippen molar-refractivity contribution in [2.24, 2.45) is 0 Å². The quantitative estimate of drug-likeness (QED) is 0.207. The third-order valence-corrected chi connectivity index (χ3v) is 9.78. The molecular formula is C43H31N. The highest BCUT2D eigenvalue weighted by atomic mass is 15.1. The third kappa shape index (κ3) is 3.66. The molecule has 0 radical (unpaired) electrons. The highest BCUT2D eigenvalue weighted by Crippen LogP contribution is 2.52. The van der Waals surface area contributed by atoms with E-state index in [1.54, 1.807) is 0 Å². The number of fused-ring (bicyclic) bond motifs is 8. The average molecular weight is 562 g/mol. The van der Waals surface area contributed by atoms with E-state index in [1.807, 2.05) is 0 Å². The number of rotatable bonds is 4. The summed E-state index contributed by atoms with van der Waals surface area (Å²) in [5, 5.41) is 2.53. The van der Waals surface area contributed by atoms with Gasteiger partial charge in [-0.2, -0.15) is 0 Å². The molecule has 0 saturated heterocycles. The minimum atomic E-state index is -0.0656. The molecule has 7 aromatic carbocycles. The van der Waals surface area contributed by atoms with Gasteiger partial charge in [0.25, 0.3) is 0 Å². The Bertz CT molecular complexity index is 2240. The highest BCUT2D eigenvalue weighted by Gasteiger charge is 2.35. The fourth-order valence-corrected chi connectivity index (χ4v) is 7.47. The van der Waals surface area contributed by atoms with Crippen LogP contribution < -0.4 is 4.90 Å². The van der Waals surface area contributed by atoms with Crippen LogP contribution in [0.25, 0.3) is 55.3 Å². The molecule has 0 fully saturated rings. The predicted octanol–water partition coefficient (Wildman–Crippen LogP) is 11.9. The first-order valence-electron chi connectivity index (χ1n) is 15.4. The van der Waals surface area contributed by atoms with Crippen LogP contribution >= 0.6 is 0 Å². The van der Waals surface area contributed by atoms with Crippen molar-refractivity contribution in [3.63, 3.8) is 0 Å². The number of hydrogen-bond donors (Lipinski definition) is 0. The van der Waals surface area contributed by atoms with E-state index < -0.39 is 0 Å². The summed E-state index contributed by atoms with van der Waals surface area (Å²) in [6.45, 7) is 4.71. The summed E-state index contributed by atoms with van der Waals surface area (Å²) in [5.74, 6) is 0. The van der Waals surface area contributed by atoms with E-state index in [0.29, 0.717) is 0 Å². The van der Waals surface area contributed by atoms with Crippen molar-refractivity contribution in [1.29, 1.82) is 0 Å². The Hall–Kier alpha value is -5.40. The zero-order valence-corrected chi connectivity index (χ0v) is 24.9. The van der Waals surface area contributed by atoms with Crippen LogP contribution in [0, 0.1) is 0 Å². The molecule has 2 aliphatic carbocycles. The van der Waals surface area contributed by atoms with Gasteiger partial charge < -0.3 is 4.90 Å². The summed E-state index contributed by atoms with van der Waals surface area (Å²) >= 11 is 0. The summed E-state index contributed by atoms with van der Waals surface area (Å²) in [6, 6.07) is 55.9. The van der Waals surface area contributed by atoms with Gasteiger partial charge in [0, 0.05) is 22.5 Å². The van der Waals surface area contributed by atoms with Crippen molar-refractivity contribution in [1.82, 2.24) is 0 Å². The van der Waals surface area contributed by atoms with Gasteiger partial charge in [-0.1, -0.05) is 117 Å². The molecule has 1 heteroatoms. The van der Waals surface area contributed by atoms with Crippen LogP contribution in [0.3, 0.4) is 0 Å². The van der Waals surface area contributed by atoms with Gasteiger partial charge >= 0.3 is 0 Å². The zero-order valence-electron chi connectivity index (χ0n) is 24.9. The Kier molecular flexibility index (Phi) is 5.31. The largest absolute Gasteiger partial charge is 0.310 e. The zero-order chi connectivity index (χ0) is 29.4. The van der Waals surface area contributed by atoms with Crippen LogP contribution in [0.5, 0.6) is 0 Å². The molecule has 0 saturated carbocycles. The Morgan fingerprint density at radius 1 is 0.364 bits per heavy atom. The molecule has 0 aromatic heterocycles. The molecule has 0 aliphatic heterocycles. The predicted molar refractivity (Wildman–Crippen MR) is 186 cm³/mol. The maximum atomic E-state index is 2.42. The van der Waals surface area contributed by atoms with Gasteiger partial charge in [-0.15, -0.1) is 0 Å². The van der Waals surface area contributed by atoms with E-state index in [-0.39, 0.29) is 5.41 Å². The van der Waals surface area contributed by atoms with Crippen molar-refractivity contribution in [3.8, 4) is 44.5 Å². The summed E-state index contributed by atoms with van der Waals surface area (Å²) < 4.78 is 0. The summed E-state index contributed by atoms with van der Waals surface area (Å²) in [4.78, 5) is 2.42. The van der Waals surface area contributed by atoms with Crippen LogP contribution in [0.15, 0.2) is 152 Å². The number of benzene rings is 7. The van der Waals surface area contributed by atoms with Gasteiger partial charge in [0.05, 0.1) is 0 Å². The van der Waals surface area contributed by atoms with E-state index in [4.69, 9.17) is 0 Å². The lowest BCUT2D eigenvalue weighted by molar-refractivity contribution is 0.660. The maximum Gasteiger partial charge on any atom is 0.0468 e. The van der Waals surface area contributed by atoms with Crippen LogP contribution in [0.4, 0.5) is 17.1 Å². The molecule has 44 heavy (non-hydrogen) atoms. The SMILES string of the molecule is CC1(C)c2ccccc2-c2ccc(N(c3ccc(-c4ccccc4)cc3)c3ccc4cc5c(cc4c3)-c3ccccc3-5)cc21. The monoisotopic (exact) mass is 561 g/mol. The van der Waals surface area contributed by atoms with Crippen molar-refractivity contribution in [2.45, 2.75) is 19.3 Å². The third-order valence-electron chi connectivity index (χ3n) is 9.78. The van der Waals surface area contributed by atoms with Crippen LogP contribution in [0.2, 0.25) is 0 Å². The lowest BCUT2D eigenvalue weighted by atomic mass is 9.79. The van der Waals surface area contributed by atoms with Gasteiger partial charge in [-0.25, -0.2) is 0 Å². The first-order chi connectivity index (χ1) is 21.6. The van der Waals surface area contributed by atoms with Crippen LogP contribution in [-0.2, 0) is 5.41 Å². The minimum Gasteiger partial charge on any atom is -0.310 e. The number of hydrogen-bond acceptors (Lipinski definition) is 1. The molecule has 0 amide bonds. The second-order valence-electron chi connectivity index (χ2n) is 12.6. The van der Waals surface area contributed by atoms with Gasteiger partial charge in [-0.05, 0) is 115 Å². The van der Waals surface area contributed by atoms with Crippen molar-refractivity contribution < 1.29 is 0 Å². The Morgan fingerprint density at radius 2 is 0.909 bits per heavy atom. The Labute approximate surface area is 258 Å². The molecule has 0 atom stereocenters. The fraction of sp³-hybridized carbons (Fsp3) is 0.0698. The minimum absolute atomic E-state index is 0.0656. The van der Waals surface area contributed by atoms with E-state index >= 15 is 0 Å². The summed E-state index contributed by atoms with van der Waals surface area (Å²) in [7, 11) is 0.